The molecule has 0 aromatic heterocycles. The molecule has 0 saturated heterocycles. The molecule has 0 fully saturated rings. The van der Waals surface area contributed by atoms with E-state index in [-0.39, 0.29) is 6.61 Å². The fraction of sp³-hybridized carbons (Fsp3) is 0.133. The lowest BCUT2D eigenvalue weighted by molar-refractivity contribution is 0.116. The smallest absolute Gasteiger partial charge is 0.425 e. The van der Waals surface area contributed by atoms with Crippen LogP contribution in [0.4, 0.5) is 4.79 Å². The van der Waals surface area contributed by atoms with Crippen LogP contribution in [0, 0.1) is 0 Å². The number of carbonyl (C=O) groups is 1. The van der Waals surface area contributed by atoms with Crippen molar-refractivity contribution in [1.82, 2.24) is 4.31 Å². The lowest BCUT2D eigenvalue weighted by Crippen LogP contribution is -2.34. The normalized spacial score (nSPS) is 13.2. The zero-order chi connectivity index (χ0) is 15.9. The number of amides is 1. The Bertz CT molecular complexity index is 639. The Morgan fingerprint density at radius 1 is 1.14 bits per heavy atom. The van der Waals surface area contributed by atoms with Gasteiger partial charge >= 0.3 is 6.09 Å². The van der Waals surface area contributed by atoms with Crippen LogP contribution in [0.2, 0.25) is 0 Å². The highest BCUT2D eigenvalue weighted by Gasteiger charge is 2.29. The molecule has 1 N–H and O–H groups in total. The van der Waals surface area contributed by atoms with Crippen LogP contribution in [0.5, 0.6) is 0 Å². The maximum absolute atomic E-state index is 12.0. The lowest BCUT2D eigenvalue weighted by atomic mass is 10.2. The summed E-state index contributed by atoms with van der Waals surface area (Å²) in [6.07, 6.45) is -0.964. The Morgan fingerprint density at radius 2 is 1.68 bits per heavy atom. The van der Waals surface area contributed by atoms with Crippen molar-refractivity contribution in [3.05, 3.63) is 71.8 Å². The highest BCUT2D eigenvalue weighted by Crippen LogP contribution is 2.26. The largest absolute Gasteiger partial charge is 0.444 e. The Morgan fingerprint density at radius 3 is 2.23 bits per heavy atom. The molecule has 0 bridgehead atoms. The summed E-state index contributed by atoms with van der Waals surface area (Å²) in [5.74, 6) is 0. The molecule has 0 saturated carbocycles. The molecule has 7 heteroatoms. The Labute approximate surface area is 135 Å². The molecule has 22 heavy (non-hydrogen) atoms. The first-order chi connectivity index (χ1) is 10.6. The van der Waals surface area contributed by atoms with Crippen molar-refractivity contribution in [2.24, 2.45) is 0 Å². The molecule has 0 radical (unpaired) electrons. The average molecular weight is 340 g/mol. The molecule has 1 amide bonds. The third-order valence-electron chi connectivity index (χ3n) is 2.83. The van der Waals surface area contributed by atoms with E-state index >= 15 is 0 Å². The SMILES string of the molecule is O=C(OCc1ccccc1)N(C(Cl)c1ccccc1)S(=O)O. The summed E-state index contributed by atoms with van der Waals surface area (Å²) in [4.78, 5) is 12.0. The van der Waals surface area contributed by atoms with Crippen LogP contribution >= 0.6 is 11.6 Å². The first-order valence-electron chi connectivity index (χ1n) is 6.39. The predicted molar refractivity (Wildman–Crippen MR) is 84.3 cm³/mol. The van der Waals surface area contributed by atoms with Gasteiger partial charge in [-0.3, -0.25) is 4.55 Å². The minimum atomic E-state index is -2.60. The van der Waals surface area contributed by atoms with Crippen molar-refractivity contribution < 1.29 is 18.3 Å². The molecule has 2 aromatic rings. The molecule has 2 atom stereocenters. The molecule has 2 unspecified atom stereocenters. The van der Waals surface area contributed by atoms with E-state index in [1.165, 1.54) is 0 Å². The summed E-state index contributed by atoms with van der Waals surface area (Å²) in [5, 5.41) is 0. The van der Waals surface area contributed by atoms with Gasteiger partial charge in [-0.2, -0.15) is 4.31 Å². The maximum atomic E-state index is 12.0. The minimum Gasteiger partial charge on any atom is -0.444 e. The van der Waals surface area contributed by atoms with Crippen molar-refractivity contribution in [2.45, 2.75) is 12.1 Å². The van der Waals surface area contributed by atoms with Gasteiger partial charge in [0.05, 0.1) is 0 Å². The standard InChI is InChI=1S/C15H14ClNO4S/c16-14(13-9-5-2-6-10-13)17(22(19)20)15(18)21-11-12-7-3-1-4-8-12/h1-10,14H,11H2,(H,19,20). The van der Waals surface area contributed by atoms with Gasteiger partial charge in [-0.05, 0) is 11.1 Å². The number of hydrogen-bond donors (Lipinski definition) is 1. The van der Waals surface area contributed by atoms with Gasteiger partial charge in [0.2, 0.25) is 0 Å². The van der Waals surface area contributed by atoms with E-state index in [1.807, 2.05) is 6.07 Å². The second-order valence-electron chi connectivity index (χ2n) is 4.34. The number of halogens is 1. The summed E-state index contributed by atoms with van der Waals surface area (Å²) in [7, 11) is 0. The Balaban J connectivity index is 2.07. The number of benzene rings is 2. The summed E-state index contributed by atoms with van der Waals surface area (Å²) in [6.45, 7) is -0.00816. The number of alkyl halides is 1. The highest BCUT2D eigenvalue weighted by atomic mass is 35.5. The van der Waals surface area contributed by atoms with Gasteiger partial charge in [0, 0.05) is 0 Å². The zero-order valence-corrected chi connectivity index (χ0v) is 13.0. The molecular formula is C15H14ClNO4S. The topological polar surface area (TPSA) is 66.8 Å². The van der Waals surface area contributed by atoms with Crippen molar-refractivity contribution in [3.8, 4) is 0 Å². The van der Waals surface area contributed by atoms with Crippen LogP contribution < -0.4 is 0 Å². The molecule has 0 spiro atoms. The van der Waals surface area contributed by atoms with Gasteiger partial charge in [-0.15, -0.1) is 0 Å². The first-order valence-corrected chi connectivity index (χ1v) is 7.89. The molecule has 0 aliphatic carbocycles. The van der Waals surface area contributed by atoms with Crippen LogP contribution in [0.25, 0.3) is 0 Å². The Kier molecular flexibility index (Phi) is 5.94. The molecule has 116 valence electrons. The van der Waals surface area contributed by atoms with Crippen molar-refractivity contribution in [3.63, 3.8) is 0 Å². The van der Waals surface area contributed by atoms with Crippen molar-refractivity contribution in [2.75, 3.05) is 0 Å². The predicted octanol–water partition coefficient (Wildman–Crippen LogP) is 3.70. The van der Waals surface area contributed by atoms with Crippen molar-refractivity contribution >= 4 is 29.0 Å². The quantitative estimate of drug-likeness (QED) is 0.512. The monoisotopic (exact) mass is 339 g/mol. The fourth-order valence-electron chi connectivity index (χ4n) is 1.77. The minimum absolute atomic E-state index is 0.00816. The molecular weight excluding hydrogens is 326 g/mol. The molecule has 2 aromatic carbocycles. The first kappa shape index (κ1) is 16.5. The molecule has 0 aliphatic rings. The van der Waals surface area contributed by atoms with Crippen LogP contribution in [0.1, 0.15) is 16.6 Å². The second kappa shape index (κ2) is 7.93. The van der Waals surface area contributed by atoms with Gasteiger partial charge in [0.1, 0.15) is 6.61 Å². The van der Waals surface area contributed by atoms with E-state index in [2.05, 4.69) is 0 Å². The molecule has 5 nitrogen and oxygen atoms in total. The van der Waals surface area contributed by atoms with Crippen molar-refractivity contribution in [1.29, 1.82) is 0 Å². The van der Waals surface area contributed by atoms with Crippen LogP contribution in [0.3, 0.4) is 0 Å². The van der Waals surface area contributed by atoms with E-state index in [1.54, 1.807) is 54.6 Å². The van der Waals surface area contributed by atoms with Gasteiger partial charge in [0.15, 0.2) is 5.50 Å². The van der Waals surface area contributed by atoms with Crippen LogP contribution in [0.15, 0.2) is 60.7 Å². The summed E-state index contributed by atoms with van der Waals surface area (Å²) in [6, 6.07) is 17.5. The lowest BCUT2D eigenvalue weighted by Gasteiger charge is -2.22. The van der Waals surface area contributed by atoms with E-state index in [0.717, 1.165) is 5.56 Å². The number of ether oxygens (including phenoxy) is 1. The molecule has 0 heterocycles. The number of hydrogen-bond acceptors (Lipinski definition) is 3. The second-order valence-corrected chi connectivity index (χ2v) is 5.61. The summed E-state index contributed by atoms with van der Waals surface area (Å²) in [5.41, 5.74) is 0.184. The van der Waals surface area contributed by atoms with Gasteiger partial charge in [-0.25, -0.2) is 9.00 Å². The third kappa shape index (κ3) is 4.30. The Hall–Kier alpha value is -1.89. The van der Waals surface area contributed by atoms with Gasteiger partial charge < -0.3 is 4.74 Å². The van der Waals surface area contributed by atoms with Gasteiger partial charge in [-0.1, -0.05) is 72.3 Å². The molecule has 2 rings (SSSR count). The summed E-state index contributed by atoms with van der Waals surface area (Å²) >= 11 is 3.52. The van der Waals surface area contributed by atoms with E-state index in [0.29, 0.717) is 9.87 Å². The number of carbonyl (C=O) groups excluding carboxylic acids is 1. The third-order valence-corrected chi connectivity index (χ3v) is 4.09. The van der Waals surface area contributed by atoms with E-state index in [9.17, 15) is 13.6 Å². The average Bonchev–Trinajstić information content (AvgIpc) is 2.54. The zero-order valence-electron chi connectivity index (χ0n) is 11.5. The number of nitrogens with zero attached hydrogens (tertiary/aromatic N) is 1. The fourth-order valence-corrected chi connectivity index (χ4v) is 2.66. The van der Waals surface area contributed by atoms with E-state index in [4.69, 9.17) is 16.3 Å². The maximum Gasteiger partial charge on any atom is 0.425 e. The van der Waals surface area contributed by atoms with Gasteiger partial charge in [0.25, 0.3) is 11.3 Å². The molecule has 0 aliphatic heterocycles. The van der Waals surface area contributed by atoms with Crippen LogP contribution in [-0.4, -0.2) is 19.2 Å². The highest BCUT2D eigenvalue weighted by molar-refractivity contribution is 7.77. The van der Waals surface area contributed by atoms with E-state index < -0.39 is 22.9 Å². The number of rotatable bonds is 5. The summed E-state index contributed by atoms with van der Waals surface area (Å²) < 4.78 is 26.4. The van der Waals surface area contributed by atoms with Crippen LogP contribution in [-0.2, 0) is 22.6 Å².